The van der Waals surface area contributed by atoms with E-state index < -0.39 is 11.0 Å². The van der Waals surface area contributed by atoms with Crippen molar-refractivity contribution in [2.24, 2.45) is 11.3 Å². The molecule has 1 aliphatic carbocycles. The van der Waals surface area contributed by atoms with Crippen molar-refractivity contribution < 1.29 is 14.6 Å². The number of hydrogen-bond acceptors (Lipinski definition) is 3. The first-order chi connectivity index (χ1) is 7.66. The molecular weight excluding hydrogens is 216 g/mol. The van der Waals surface area contributed by atoms with Crippen molar-refractivity contribution in [2.75, 3.05) is 0 Å². The Balaban J connectivity index is 2.49. The van der Waals surface area contributed by atoms with Gasteiger partial charge in [0.2, 0.25) is 0 Å². The highest BCUT2D eigenvalue weighted by molar-refractivity contribution is 5.75. The summed E-state index contributed by atoms with van der Waals surface area (Å²) in [7, 11) is 0. The number of esters is 1. The van der Waals surface area contributed by atoms with Gasteiger partial charge in [-0.3, -0.25) is 4.79 Å². The maximum atomic E-state index is 11.8. The van der Waals surface area contributed by atoms with E-state index in [1.807, 2.05) is 27.7 Å². The van der Waals surface area contributed by atoms with E-state index in [2.05, 4.69) is 6.58 Å². The second kappa shape index (κ2) is 4.81. The molecule has 0 aromatic carbocycles. The third kappa shape index (κ3) is 4.15. The topological polar surface area (TPSA) is 46.5 Å². The van der Waals surface area contributed by atoms with Gasteiger partial charge in [0.05, 0.1) is 11.0 Å². The number of hydrogen-bond donors (Lipinski definition) is 1. The summed E-state index contributed by atoms with van der Waals surface area (Å²) in [4.78, 5) is 11.8. The molecular formula is C14H24O3. The van der Waals surface area contributed by atoms with Crippen molar-refractivity contribution in [3.8, 4) is 0 Å². The third-order valence-corrected chi connectivity index (χ3v) is 3.24. The highest BCUT2D eigenvalue weighted by Crippen LogP contribution is 2.46. The van der Waals surface area contributed by atoms with Crippen LogP contribution in [-0.4, -0.2) is 22.8 Å². The second-order valence-corrected chi connectivity index (χ2v) is 6.30. The van der Waals surface area contributed by atoms with E-state index in [-0.39, 0.29) is 18.0 Å². The lowest BCUT2D eigenvalue weighted by molar-refractivity contribution is -0.159. The van der Waals surface area contributed by atoms with Gasteiger partial charge < -0.3 is 9.84 Å². The molecule has 1 saturated carbocycles. The number of carbonyl (C=O) groups is 1. The van der Waals surface area contributed by atoms with Gasteiger partial charge >= 0.3 is 5.97 Å². The zero-order chi connectivity index (χ0) is 13.3. The van der Waals surface area contributed by atoms with Crippen molar-refractivity contribution in [1.29, 1.82) is 0 Å². The summed E-state index contributed by atoms with van der Waals surface area (Å²) in [5, 5.41) is 9.74. The average Bonchev–Trinajstić information content (AvgIpc) is 2.72. The third-order valence-electron chi connectivity index (χ3n) is 3.24. The van der Waals surface area contributed by atoms with Crippen LogP contribution in [0.15, 0.2) is 12.7 Å². The largest absolute Gasteiger partial charge is 0.462 e. The summed E-state index contributed by atoms with van der Waals surface area (Å²) >= 11 is 0. The van der Waals surface area contributed by atoms with Gasteiger partial charge in [-0.15, -0.1) is 6.58 Å². The Morgan fingerprint density at radius 3 is 2.53 bits per heavy atom. The minimum Gasteiger partial charge on any atom is -0.462 e. The van der Waals surface area contributed by atoms with Crippen LogP contribution in [-0.2, 0) is 9.53 Å². The first-order valence-electron chi connectivity index (χ1n) is 6.21. The Bertz CT molecular complexity index is 299. The molecule has 1 N–H and O–H groups in total. The molecule has 0 saturated heterocycles. The van der Waals surface area contributed by atoms with Gasteiger partial charge in [0.1, 0.15) is 6.10 Å². The average molecular weight is 240 g/mol. The van der Waals surface area contributed by atoms with Crippen molar-refractivity contribution in [1.82, 2.24) is 0 Å². The van der Waals surface area contributed by atoms with E-state index >= 15 is 0 Å². The van der Waals surface area contributed by atoms with E-state index in [0.29, 0.717) is 6.42 Å². The molecule has 1 unspecified atom stereocenters. The van der Waals surface area contributed by atoms with Gasteiger partial charge in [-0.05, 0) is 46.5 Å². The number of rotatable bonds is 5. The van der Waals surface area contributed by atoms with Crippen molar-refractivity contribution in [3.05, 3.63) is 12.7 Å². The minimum atomic E-state index is -0.562. The monoisotopic (exact) mass is 240 g/mol. The standard InChI is InChI=1S/C14H24O3/c1-6-7-11(8-10-9-14(10,5)16)17-12(15)13(2,3)4/h6,10-11,16H,1,7-9H2,2-5H3/t10-,11-,14?/m1/s1. The molecule has 0 aliphatic heterocycles. The zero-order valence-corrected chi connectivity index (χ0v) is 11.3. The molecule has 0 bridgehead atoms. The van der Waals surface area contributed by atoms with Crippen LogP contribution in [0.5, 0.6) is 0 Å². The molecule has 0 heterocycles. The second-order valence-electron chi connectivity index (χ2n) is 6.30. The zero-order valence-electron chi connectivity index (χ0n) is 11.3. The summed E-state index contributed by atoms with van der Waals surface area (Å²) in [5.74, 6) is 0.0601. The fourth-order valence-electron chi connectivity index (χ4n) is 1.80. The highest BCUT2D eigenvalue weighted by Gasteiger charge is 2.49. The van der Waals surface area contributed by atoms with E-state index in [4.69, 9.17) is 4.74 Å². The number of ether oxygens (including phenoxy) is 1. The molecule has 1 aliphatic rings. The Morgan fingerprint density at radius 2 is 2.18 bits per heavy atom. The van der Waals surface area contributed by atoms with Crippen LogP contribution in [0, 0.1) is 11.3 Å². The molecule has 1 rings (SSSR count). The molecule has 0 aromatic rings. The fourth-order valence-corrected chi connectivity index (χ4v) is 1.80. The Labute approximate surface area is 104 Å². The van der Waals surface area contributed by atoms with Crippen molar-refractivity contribution >= 4 is 5.97 Å². The lowest BCUT2D eigenvalue weighted by atomic mass is 9.97. The summed E-state index contributed by atoms with van der Waals surface area (Å²) in [6.07, 6.45) is 3.78. The predicted octanol–water partition coefficient (Wildman–Crippen LogP) is 2.68. The molecule has 98 valence electrons. The smallest absolute Gasteiger partial charge is 0.311 e. The van der Waals surface area contributed by atoms with Crippen LogP contribution in [0.3, 0.4) is 0 Å². The van der Waals surface area contributed by atoms with Gasteiger partial charge in [-0.25, -0.2) is 0 Å². The Hall–Kier alpha value is -0.830. The number of aliphatic hydroxyl groups is 1. The molecule has 0 aromatic heterocycles. The van der Waals surface area contributed by atoms with Crippen molar-refractivity contribution in [2.45, 2.75) is 58.7 Å². The molecule has 0 amide bonds. The van der Waals surface area contributed by atoms with Crippen LogP contribution >= 0.6 is 0 Å². The first-order valence-corrected chi connectivity index (χ1v) is 6.21. The lowest BCUT2D eigenvalue weighted by Gasteiger charge is -2.23. The molecule has 3 atom stereocenters. The van der Waals surface area contributed by atoms with Gasteiger partial charge in [-0.2, -0.15) is 0 Å². The van der Waals surface area contributed by atoms with Gasteiger partial charge in [-0.1, -0.05) is 6.08 Å². The molecule has 17 heavy (non-hydrogen) atoms. The van der Waals surface area contributed by atoms with Crippen LogP contribution in [0.1, 0.15) is 47.0 Å². The minimum absolute atomic E-state index is 0.154. The fraction of sp³-hybridized carbons (Fsp3) is 0.786. The van der Waals surface area contributed by atoms with E-state index in [0.717, 1.165) is 12.8 Å². The number of carbonyl (C=O) groups excluding carboxylic acids is 1. The maximum Gasteiger partial charge on any atom is 0.311 e. The van der Waals surface area contributed by atoms with Crippen LogP contribution in [0.25, 0.3) is 0 Å². The molecule has 3 nitrogen and oxygen atoms in total. The van der Waals surface area contributed by atoms with Gasteiger partial charge in [0, 0.05) is 6.42 Å². The molecule has 0 radical (unpaired) electrons. The van der Waals surface area contributed by atoms with Gasteiger partial charge in [0.15, 0.2) is 0 Å². The SMILES string of the molecule is C=CC[C@H](C[C@@H]1CC1(C)O)OC(=O)C(C)(C)C. The molecule has 0 spiro atoms. The summed E-state index contributed by atoms with van der Waals surface area (Å²) in [6, 6.07) is 0. The quantitative estimate of drug-likeness (QED) is 0.593. The molecule has 1 fully saturated rings. The van der Waals surface area contributed by atoms with E-state index in [1.165, 1.54) is 0 Å². The van der Waals surface area contributed by atoms with Crippen molar-refractivity contribution in [3.63, 3.8) is 0 Å². The van der Waals surface area contributed by atoms with Gasteiger partial charge in [0.25, 0.3) is 0 Å². The summed E-state index contributed by atoms with van der Waals surface area (Å²) in [6.45, 7) is 11.0. The normalized spacial score (nSPS) is 29.6. The lowest BCUT2D eigenvalue weighted by Crippen LogP contribution is -2.28. The van der Waals surface area contributed by atoms with E-state index in [9.17, 15) is 9.90 Å². The predicted molar refractivity (Wildman–Crippen MR) is 67.5 cm³/mol. The van der Waals surface area contributed by atoms with Crippen LogP contribution in [0.2, 0.25) is 0 Å². The first kappa shape index (κ1) is 14.2. The Morgan fingerprint density at radius 1 is 1.65 bits per heavy atom. The van der Waals surface area contributed by atoms with E-state index in [1.54, 1.807) is 6.08 Å². The highest BCUT2D eigenvalue weighted by atomic mass is 16.5. The van der Waals surface area contributed by atoms with Crippen LogP contribution in [0.4, 0.5) is 0 Å². The molecule has 3 heteroatoms. The maximum absolute atomic E-state index is 11.8. The summed E-state index contributed by atoms with van der Waals surface area (Å²) in [5.41, 5.74) is -1.04. The Kier molecular flexibility index (Phi) is 4.03. The summed E-state index contributed by atoms with van der Waals surface area (Å²) < 4.78 is 5.48. The van der Waals surface area contributed by atoms with Crippen LogP contribution < -0.4 is 0 Å².